The van der Waals surface area contributed by atoms with E-state index in [2.05, 4.69) is 4.98 Å². The normalized spacial score (nSPS) is 17.6. The number of carbonyl (C=O) groups excluding carboxylic acids is 1. The minimum atomic E-state index is -1.42. The molecular weight excluding hydrogens is 212 g/mol. The minimum absolute atomic E-state index is 0.0633. The summed E-state index contributed by atoms with van der Waals surface area (Å²) in [6, 6.07) is 3.44. The lowest BCUT2D eigenvalue weighted by molar-refractivity contribution is -0.183. The quantitative estimate of drug-likeness (QED) is 0.712. The van der Waals surface area contributed by atoms with Gasteiger partial charge in [0, 0.05) is 13.2 Å². The number of anilines is 1. The van der Waals surface area contributed by atoms with Gasteiger partial charge in [0.2, 0.25) is 5.91 Å². The fourth-order valence-electron chi connectivity index (χ4n) is 1.60. The number of aliphatic carboxylic acids is 1. The molecule has 0 aliphatic carbocycles. The van der Waals surface area contributed by atoms with Crippen molar-refractivity contribution in [2.45, 2.75) is 0 Å². The predicted octanol–water partition coefficient (Wildman–Crippen LogP) is 0.0787. The molecule has 2 rings (SSSR count). The van der Waals surface area contributed by atoms with Crippen LogP contribution in [0.5, 0.6) is 0 Å². The molecule has 16 heavy (non-hydrogen) atoms. The van der Waals surface area contributed by atoms with Gasteiger partial charge in [0.05, 0.1) is 13.2 Å². The molecular formula is C10H12N2O4. The molecule has 1 aliphatic heterocycles. The van der Waals surface area contributed by atoms with Crippen molar-refractivity contribution in [3.05, 3.63) is 18.3 Å². The van der Waals surface area contributed by atoms with E-state index >= 15 is 0 Å². The zero-order valence-corrected chi connectivity index (χ0v) is 8.77. The second-order valence-corrected chi connectivity index (χ2v) is 3.80. The van der Waals surface area contributed by atoms with Crippen LogP contribution in [0, 0.1) is 5.41 Å². The molecule has 1 aromatic heterocycles. The Labute approximate surface area is 91.8 Å². The number of carboxylic acid groups (broad SMARTS) is 1. The lowest BCUT2D eigenvalue weighted by Crippen LogP contribution is -2.59. The number of hydrogen-bond donors (Lipinski definition) is 2. The van der Waals surface area contributed by atoms with Gasteiger partial charge < -0.3 is 19.7 Å². The van der Waals surface area contributed by atoms with Crippen LogP contribution in [0.25, 0.3) is 0 Å². The molecule has 6 nitrogen and oxygen atoms in total. The van der Waals surface area contributed by atoms with Crippen molar-refractivity contribution in [3.8, 4) is 0 Å². The molecule has 0 spiro atoms. The lowest BCUT2D eigenvalue weighted by atomic mass is 9.84. The van der Waals surface area contributed by atoms with Crippen LogP contribution in [0.2, 0.25) is 0 Å². The third kappa shape index (κ3) is 1.38. The third-order valence-corrected chi connectivity index (χ3v) is 2.76. The van der Waals surface area contributed by atoms with E-state index < -0.39 is 17.3 Å². The maximum Gasteiger partial charge on any atom is 0.324 e. The zero-order valence-electron chi connectivity index (χ0n) is 8.77. The van der Waals surface area contributed by atoms with Crippen molar-refractivity contribution in [1.82, 2.24) is 4.98 Å². The Morgan fingerprint density at radius 3 is 2.62 bits per heavy atom. The maximum absolute atomic E-state index is 12.0. The largest absolute Gasteiger partial charge is 0.480 e. The molecule has 1 fully saturated rings. The average Bonchev–Trinajstić information content (AvgIpc) is 2.66. The number of aromatic nitrogens is 1. The van der Waals surface area contributed by atoms with Crippen LogP contribution < -0.4 is 4.90 Å². The number of H-pyrrole nitrogens is 1. The SMILES string of the molecule is CN(C(=O)C1(C(=O)O)COC1)c1ccc[nH]1. The molecule has 1 amide bonds. The molecule has 0 unspecified atom stereocenters. The molecule has 1 aliphatic rings. The number of aromatic amines is 1. The number of rotatable bonds is 3. The first-order valence-electron chi connectivity index (χ1n) is 4.80. The van der Waals surface area contributed by atoms with Gasteiger partial charge in [-0.1, -0.05) is 0 Å². The van der Waals surface area contributed by atoms with Crippen molar-refractivity contribution in [2.75, 3.05) is 25.2 Å². The monoisotopic (exact) mass is 224 g/mol. The van der Waals surface area contributed by atoms with Crippen LogP contribution in [0.15, 0.2) is 18.3 Å². The highest BCUT2D eigenvalue weighted by atomic mass is 16.5. The second-order valence-electron chi connectivity index (χ2n) is 3.80. The van der Waals surface area contributed by atoms with Gasteiger partial charge in [-0.05, 0) is 12.1 Å². The van der Waals surface area contributed by atoms with Crippen molar-refractivity contribution in [2.24, 2.45) is 5.41 Å². The van der Waals surface area contributed by atoms with Gasteiger partial charge >= 0.3 is 5.97 Å². The van der Waals surface area contributed by atoms with E-state index in [4.69, 9.17) is 9.84 Å². The van der Waals surface area contributed by atoms with Gasteiger partial charge in [0.25, 0.3) is 0 Å². The number of carboxylic acids is 1. The van der Waals surface area contributed by atoms with E-state index in [9.17, 15) is 9.59 Å². The fraction of sp³-hybridized carbons (Fsp3) is 0.400. The standard InChI is InChI=1S/C10H12N2O4/c1-12(7-3-2-4-11-7)8(13)10(9(14)15)5-16-6-10/h2-4,11H,5-6H2,1H3,(H,14,15). The minimum Gasteiger partial charge on any atom is -0.480 e. The Bertz CT molecular complexity index is 408. The summed E-state index contributed by atoms with van der Waals surface area (Å²) in [5, 5.41) is 9.06. The summed E-state index contributed by atoms with van der Waals surface area (Å²) in [5.41, 5.74) is -1.42. The van der Waals surface area contributed by atoms with Gasteiger partial charge in [0.1, 0.15) is 5.82 Å². The number of amides is 1. The number of ether oxygens (including phenoxy) is 1. The van der Waals surface area contributed by atoms with E-state index in [-0.39, 0.29) is 13.2 Å². The number of nitrogens with zero attached hydrogens (tertiary/aromatic N) is 1. The second kappa shape index (κ2) is 3.64. The first kappa shape index (κ1) is 10.7. The van der Waals surface area contributed by atoms with Gasteiger partial charge in [-0.15, -0.1) is 0 Å². The third-order valence-electron chi connectivity index (χ3n) is 2.76. The summed E-state index contributed by atoms with van der Waals surface area (Å²) in [5.74, 6) is -1.03. The Morgan fingerprint density at radius 2 is 2.25 bits per heavy atom. The van der Waals surface area contributed by atoms with Crippen molar-refractivity contribution < 1.29 is 19.4 Å². The summed E-state index contributed by atoms with van der Waals surface area (Å²) in [6.45, 7) is -0.127. The maximum atomic E-state index is 12.0. The average molecular weight is 224 g/mol. The number of hydrogen-bond acceptors (Lipinski definition) is 3. The molecule has 0 aromatic carbocycles. The van der Waals surface area contributed by atoms with Crippen LogP contribution in [0.4, 0.5) is 5.82 Å². The molecule has 1 aromatic rings. The lowest BCUT2D eigenvalue weighted by Gasteiger charge is -2.38. The van der Waals surface area contributed by atoms with E-state index in [0.29, 0.717) is 5.82 Å². The highest BCUT2D eigenvalue weighted by molar-refractivity contribution is 6.10. The molecule has 1 saturated heterocycles. The van der Waals surface area contributed by atoms with Crippen molar-refractivity contribution in [3.63, 3.8) is 0 Å². The highest BCUT2D eigenvalue weighted by Crippen LogP contribution is 2.31. The summed E-state index contributed by atoms with van der Waals surface area (Å²) >= 11 is 0. The molecule has 6 heteroatoms. The first-order chi connectivity index (χ1) is 7.58. The summed E-state index contributed by atoms with van der Waals surface area (Å²) in [6.07, 6.45) is 1.67. The Morgan fingerprint density at radius 1 is 1.56 bits per heavy atom. The fourth-order valence-corrected chi connectivity index (χ4v) is 1.60. The van der Waals surface area contributed by atoms with Gasteiger partial charge in [-0.3, -0.25) is 9.59 Å². The van der Waals surface area contributed by atoms with Crippen molar-refractivity contribution in [1.29, 1.82) is 0 Å². The van der Waals surface area contributed by atoms with Crippen LogP contribution >= 0.6 is 0 Å². The van der Waals surface area contributed by atoms with E-state index in [1.165, 1.54) is 11.9 Å². The van der Waals surface area contributed by atoms with E-state index in [1.807, 2.05) is 0 Å². The Hall–Kier alpha value is -1.82. The molecule has 0 radical (unpaired) electrons. The molecule has 2 heterocycles. The van der Waals surface area contributed by atoms with E-state index in [1.54, 1.807) is 18.3 Å². The van der Waals surface area contributed by atoms with Gasteiger partial charge in [0.15, 0.2) is 5.41 Å². The molecule has 0 saturated carbocycles. The van der Waals surface area contributed by atoms with Crippen LogP contribution in [0.1, 0.15) is 0 Å². The Kier molecular flexibility index (Phi) is 2.43. The smallest absolute Gasteiger partial charge is 0.324 e. The Balaban J connectivity index is 2.22. The number of carbonyl (C=O) groups is 2. The highest BCUT2D eigenvalue weighted by Gasteiger charge is 2.54. The first-order valence-corrected chi connectivity index (χ1v) is 4.80. The summed E-state index contributed by atoms with van der Waals surface area (Å²) in [7, 11) is 1.54. The number of nitrogens with one attached hydrogen (secondary N) is 1. The molecule has 2 N–H and O–H groups in total. The van der Waals surface area contributed by atoms with Gasteiger partial charge in [-0.2, -0.15) is 0 Å². The van der Waals surface area contributed by atoms with Gasteiger partial charge in [-0.25, -0.2) is 0 Å². The molecule has 0 atom stereocenters. The zero-order chi connectivity index (χ0) is 11.8. The van der Waals surface area contributed by atoms with Crippen LogP contribution in [-0.4, -0.2) is 42.2 Å². The van der Waals surface area contributed by atoms with Crippen LogP contribution in [0.3, 0.4) is 0 Å². The van der Waals surface area contributed by atoms with Crippen LogP contribution in [-0.2, 0) is 14.3 Å². The summed E-state index contributed by atoms with van der Waals surface area (Å²) in [4.78, 5) is 27.3. The predicted molar refractivity (Wildman–Crippen MR) is 55.1 cm³/mol. The van der Waals surface area contributed by atoms with Crippen molar-refractivity contribution >= 4 is 17.7 Å². The molecule has 86 valence electrons. The van der Waals surface area contributed by atoms with E-state index in [0.717, 1.165) is 0 Å². The molecule has 0 bridgehead atoms. The topological polar surface area (TPSA) is 82.6 Å². The summed E-state index contributed by atoms with van der Waals surface area (Å²) < 4.78 is 4.85.